The van der Waals surface area contributed by atoms with Crippen LogP contribution in [0.1, 0.15) is 42.9 Å². The highest BCUT2D eigenvalue weighted by atomic mass is 15.1. The van der Waals surface area contributed by atoms with Gasteiger partial charge in [-0.2, -0.15) is 0 Å². The van der Waals surface area contributed by atoms with Crippen molar-refractivity contribution in [2.45, 2.75) is 33.1 Å². The molecule has 0 fully saturated rings. The molecular weight excluding hydrogens is 278 g/mol. The molecule has 0 saturated heterocycles. The van der Waals surface area contributed by atoms with Crippen LogP contribution in [-0.4, -0.2) is 24.5 Å². The zero-order valence-corrected chi connectivity index (χ0v) is 14.5. The maximum Gasteiger partial charge on any atom is 0.0601 e. The zero-order valence-electron chi connectivity index (χ0n) is 14.5. The van der Waals surface area contributed by atoms with E-state index in [9.17, 15) is 0 Å². The highest BCUT2D eigenvalue weighted by Gasteiger charge is 2.14. The highest BCUT2D eigenvalue weighted by Crippen LogP contribution is 2.29. The molecule has 2 aromatic carbocycles. The zero-order chi connectivity index (χ0) is 16.5. The lowest BCUT2D eigenvalue weighted by atomic mass is 9.86. The maximum atomic E-state index is 3.42. The molecule has 1 nitrogen and oxygen atoms in total. The van der Waals surface area contributed by atoms with Crippen LogP contribution in [0.25, 0.3) is 0 Å². The van der Waals surface area contributed by atoms with E-state index in [-0.39, 0.29) is 0 Å². The second-order valence-corrected chi connectivity index (χ2v) is 5.84. The molecule has 0 saturated carbocycles. The standard InChI is InChI=1S/C22H27N/c1-4-23(5-2)18-12-11-17-22(20-14-7-6-8-15-20)21-16-10-9-13-19(21)3/h6-10,13-16,22H,4-5,17-18H2,1-3H3/t22-/m1/s1. The van der Waals surface area contributed by atoms with Crippen molar-refractivity contribution in [2.24, 2.45) is 0 Å². The van der Waals surface area contributed by atoms with E-state index in [1.165, 1.54) is 16.7 Å². The van der Waals surface area contributed by atoms with Crippen molar-refractivity contribution in [3.8, 4) is 11.8 Å². The molecule has 120 valence electrons. The number of hydrogen-bond acceptors (Lipinski definition) is 1. The number of nitrogens with zero attached hydrogens (tertiary/aromatic N) is 1. The summed E-state index contributed by atoms with van der Waals surface area (Å²) >= 11 is 0. The molecular formula is C22H27N. The molecule has 0 aliphatic heterocycles. The Morgan fingerprint density at radius 1 is 0.870 bits per heavy atom. The van der Waals surface area contributed by atoms with Crippen LogP contribution in [0.3, 0.4) is 0 Å². The molecule has 0 bridgehead atoms. The first-order valence-corrected chi connectivity index (χ1v) is 8.54. The SMILES string of the molecule is CCN(CC)CC#CC[C@H](c1ccccc1)c1ccccc1C. The summed E-state index contributed by atoms with van der Waals surface area (Å²) in [5.74, 6) is 7.12. The predicted molar refractivity (Wildman–Crippen MR) is 99.6 cm³/mol. The molecule has 0 heterocycles. The number of hydrogen-bond donors (Lipinski definition) is 0. The van der Waals surface area contributed by atoms with Crippen molar-refractivity contribution in [1.82, 2.24) is 4.90 Å². The summed E-state index contributed by atoms with van der Waals surface area (Å²) in [7, 11) is 0. The molecule has 2 rings (SSSR count). The second-order valence-electron chi connectivity index (χ2n) is 5.84. The fourth-order valence-corrected chi connectivity index (χ4v) is 2.86. The molecule has 0 spiro atoms. The normalized spacial score (nSPS) is 11.8. The fraction of sp³-hybridized carbons (Fsp3) is 0.364. The summed E-state index contributed by atoms with van der Waals surface area (Å²) in [6.45, 7) is 9.55. The van der Waals surface area contributed by atoms with Crippen LogP contribution in [0, 0.1) is 18.8 Å². The van der Waals surface area contributed by atoms with Gasteiger partial charge in [0.15, 0.2) is 0 Å². The molecule has 0 aromatic heterocycles. The molecule has 0 aliphatic carbocycles. The lowest BCUT2D eigenvalue weighted by Gasteiger charge is -2.18. The molecule has 0 unspecified atom stereocenters. The third-order valence-corrected chi connectivity index (χ3v) is 4.39. The van der Waals surface area contributed by atoms with Crippen LogP contribution in [-0.2, 0) is 0 Å². The third-order valence-electron chi connectivity index (χ3n) is 4.39. The van der Waals surface area contributed by atoms with Gasteiger partial charge in [0.2, 0.25) is 0 Å². The molecule has 23 heavy (non-hydrogen) atoms. The van der Waals surface area contributed by atoms with E-state index in [2.05, 4.69) is 92.1 Å². The minimum atomic E-state index is 0.349. The number of benzene rings is 2. The minimum Gasteiger partial charge on any atom is -0.293 e. The van der Waals surface area contributed by atoms with Gasteiger partial charge in [0.25, 0.3) is 0 Å². The number of aryl methyl sites for hydroxylation is 1. The smallest absolute Gasteiger partial charge is 0.0601 e. The molecule has 2 aromatic rings. The first-order chi connectivity index (χ1) is 11.3. The Balaban J connectivity index is 2.19. The Labute approximate surface area is 141 Å². The Hall–Kier alpha value is -2.04. The van der Waals surface area contributed by atoms with Crippen molar-refractivity contribution >= 4 is 0 Å². The van der Waals surface area contributed by atoms with E-state index in [4.69, 9.17) is 0 Å². The molecule has 1 atom stereocenters. The number of rotatable bonds is 6. The van der Waals surface area contributed by atoms with Crippen molar-refractivity contribution in [3.63, 3.8) is 0 Å². The molecule has 0 N–H and O–H groups in total. The molecule has 0 aliphatic rings. The first-order valence-electron chi connectivity index (χ1n) is 8.54. The topological polar surface area (TPSA) is 3.24 Å². The average molecular weight is 305 g/mol. The van der Waals surface area contributed by atoms with Crippen molar-refractivity contribution < 1.29 is 0 Å². The Kier molecular flexibility index (Phi) is 6.91. The minimum absolute atomic E-state index is 0.349. The summed E-state index contributed by atoms with van der Waals surface area (Å²) in [5, 5.41) is 0. The van der Waals surface area contributed by atoms with Gasteiger partial charge in [-0.15, -0.1) is 5.92 Å². The van der Waals surface area contributed by atoms with Crippen LogP contribution < -0.4 is 0 Å². The fourth-order valence-electron chi connectivity index (χ4n) is 2.86. The Bertz CT molecular complexity index is 644. The van der Waals surface area contributed by atoms with Gasteiger partial charge in [-0.05, 0) is 36.7 Å². The average Bonchev–Trinajstić information content (AvgIpc) is 2.60. The summed E-state index contributed by atoms with van der Waals surface area (Å²) in [4.78, 5) is 2.35. The first kappa shape index (κ1) is 17.3. The van der Waals surface area contributed by atoms with Gasteiger partial charge in [-0.25, -0.2) is 0 Å². The molecule has 0 radical (unpaired) electrons. The summed E-state index contributed by atoms with van der Waals surface area (Å²) in [6, 6.07) is 19.4. The molecule has 0 amide bonds. The van der Waals surface area contributed by atoms with Gasteiger partial charge in [-0.3, -0.25) is 4.90 Å². The van der Waals surface area contributed by atoms with E-state index in [1.807, 2.05) is 0 Å². The summed E-state index contributed by atoms with van der Waals surface area (Å²) in [5.41, 5.74) is 4.07. The maximum absolute atomic E-state index is 3.42. The molecule has 1 heteroatoms. The van der Waals surface area contributed by atoms with Gasteiger partial charge >= 0.3 is 0 Å². The highest BCUT2D eigenvalue weighted by molar-refractivity contribution is 5.38. The van der Waals surface area contributed by atoms with Crippen LogP contribution in [0.15, 0.2) is 54.6 Å². The van der Waals surface area contributed by atoms with Gasteiger partial charge in [-0.1, -0.05) is 74.4 Å². The van der Waals surface area contributed by atoms with Crippen LogP contribution in [0.5, 0.6) is 0 Å². The summed E-state index contributed by atoms with van der Waals surface area (Å²) in [6.07, 6.45) is 0.871. The van der Waals surface area contributed by atoms with Gasteiger partial charge in [0, 0.05) is 12.3 Å². The van der Waals surface area contributed by atoms with Crippen molar-refractivity contribution in [3.05, 3.63) is 71.3 Å². The van der Waals surface area contributed by atoms with E-state index >= 15 is 0 Å². The van der Waals surface area contributed by atoms with E-state index < -0.39 is 0 Å². The van der Waals surface area contributed by atoms with Crippen molar-refractivity contribution in [1.29, 1.82) is 0 Å². The monoisotopic (exact) mass is 305 g/mol. The lowest BCUT2D eigenvalue weighted by Crippen LogP contribution is -2.22. The van der Waals surface area contributed by atoms with Gasteiger partial charge < -0.3 is 0 Å². The Morgan fingerprint density at radius 2 is 1.52 bits per heavy atom. The van der Waals surface area contributed by atoms with Crippen LogP contribution in [0.2, 0.25) is 0 Å². The van der Waals surface area contributed by atoms with Crippen LogP contribution >= 0.6 is 0 Å². The van der Waals surface area contributed by atoms with Gasteiger partial charge in [0.05, 0.1) is 6.54 Å². The largest absolute Gasteiger partial charge is 0.293 e. The lowest BCUT2D eigenvalue weighted by molar-refractivity contribution is 0.342. The van der Waals surface area contributed by atoms with Crippen LogP contribution in [0.4, 0.5) is 0 Å². The van der Waals surface area contributed by atoms with Gasteiger partial charge in [0.1, 0.15) is 0 Å². The van der Waals surface area contributed by atoms with E-state index in [0.717, 1.165) is 26.1 Å². The van der Waals surface area contributed by atoms with E-state index in [0.29, 0.717) is 5.92 Å². The quantitative estimate of drug-likeness (QED) is 0.689. The van der Waals surface area contributed by atoms with E-state index in [1.54, 1.807) is 0 Å². The predicted octanol–water partition coefficient (Wildman–Crippen LogP) is 4.86. The van der Waals surface area contributed by atoms with Crippen molar-refractivity contribution in [2.75, 3.05) is 19.6 Å². The Morgan fingerprint density at radius 3 is 2.17 bits per heavy atom. The summed E-state index contributed by atoms with van der Waals surface area (Å²) < 4.78 is 0. The third kappa shape index (κ3) is 4.98. The second kappa shape index (κ2) is 9.18.